The number of carbonyl (C=O) groups excluding carboxylic acids is 2. The Hall–Kier alpha value is -4.04. The lowest BCUT2D eigenvalue weighted by molar-refractivity contribution is -0.122. The van der Waals surface area contributed by atoms with Crippen LogP contribution in [0.2, 0.25) is 0 Å². The van der Waals surface area contributed by atoms with Crippen LogP contribution in [0.3, 0.4) is 0 Å². The number of benzene rings is 3. The lowest BCUT2D eigenvalue weighted by Crippen LogP contribution is -2.37. The summed E-state index contributed by atoms with van der Waals surface area (Å²) in [6.07, 6.45) is 5.45. The largest absolute Gasteiger partial charge is 0.456 e. The molecule has 0 saturated carbocycles. The topological polar surface area (TPSA) is 176 Å². The minimum Gasteiger partial charge on any atom is -0.456 e. The van der Waals surface area contributed by atoms with Gasteiger partial charge in [-0.3, -0.25) is 18.7 Å². The van der Waals surface area contributed by atoms with Crippen molar-refractivity contribution in [3.05, 3.63) is 75.2 Å². The number of hydrogen-bond donors (Lipinski definition) is 4. The van der Waals surface area contributed by atoms with E-state index in [9.17, 15) is 35.5 Å². The van der Waals surface area contributed by atoms with Crippen molar-refractivity contribution in [1.82, 2.24) is 5.32 Å². The van der Waals surface area contributed by atoms with Crippen molar-refractivity contribution >= 4 is 49.9 Å². The van der Waals surface area contributed by atoms with Gasteiger partial charge < -0.3 is 15.4 Å². The zero-order chi connectivity index (χ0) is 33.4. The van der Waals surface area contributed by atoms with E-state index in [4.69, 9.17) is 4.74 Å². The molecule has 2 aliphatic heterocycles. The number of carbonyl (C=O) groups is 2. The Morgan fingerprint density at radius 3 is 2.30 bits per heavy atom. The third kappa shape index (κ3) is 6.73. The second-order valence-corrected chi connectivity index (χ2v) is 14.3. The first kappa shape index (κ1) is 33.3. The highest BCUT2D eigenvalue weighted by Crippen LogP contribution is 2.41. The monoisotopic (exact) mass is 668 g/mol. The highest BCUT2D eigenvalue weighted by atomic mass is 32.2. The standard InChI is InChI=1S/C33H36N2O9S2/c1-4-6-8-20-16-26-31(25-13-11-22(45(38,39)40)18-29(25)46(41,42)43)24-12-10-21(34-33(37)27-14-15-30(36)35-27)17-28(24)44-32(26)23(19(20)3)9-7-5-2/h10-13,16-18,27H,3-9,14-15H2,1-2H3,(H,34,37)(H,35,36)(H,38,39,40)(H,41,42,43). The molecule has 46 heavy (non-hydrogen) atoms. The Bertz CT molecular complexity index is 2070. The van der Waals surface area contributed by atoms with Crippen LogP contribution < -0.4 is 25.8 Å². The average molecular weight is 669 g/mol. The Morgan fingerprint density at radius 1 is 0.978 bits per heavy atom. The van der Waals surface area contributed by atoms with Gasteiger partial charge in [0.05, 0.1) is 4.90 Å². The van der Waals surface area contributed by atoms with Crippen molar-refractivity contribution in [2.45, 2.75) is 81.0 Å². The summed E-state index contributed by atoms with van der Waals surface area (Å²) in [7, 11) is -9.81. The summed E-state index contributed by atoms with van der Waals surface area (Å²) in [5, 5.41) is 6.77. The Kier molecular flexibility index (Phi) is 9.41. The maximum atomic E-state index is 12.9. The van der Waals surface area contributed by atoms with E-state index in [-0.39, 0.29) is 23.6 Å². The SMILES string of the molecule is C=c1c(CCCC)cc2c(c1CCCC)Oc1cc(NC(=O)C3CCC(=O)N3)ccc1C=2c1ccc(S(=O)(=O)O)cc1S(=O)(=O)O. The normalized spacial score (nSPS) is 16.0. The summed E-state index contributed by atoms with van der Waals surface area (Å²) in [4.78, 5) is 23.1. The third-order valence-electron chi connectivity index (χ3n) is 8.28. The predicted octanol–water partition coefficient (Wildman–Crippen LogP) is 3.85. The molecule has 1 unspecified atom stereocenters. The van der Waals surface area contributed by atoms with Crippen LogP contribution in [0.25, 0.3) is 12.2 Å². The second kappa shape index (κ2) is 13.0. The molecule has 2 aliphatic rings. The lowest BCUT2D eigenvalue weighted by Gasteiger charge is -2.26. The number of ether oxygens (including phenoxy) is 1. The minimum atomic E-state index is -5.01. The average Bonchev–Trinajstić information content (AvgIpc) is 3.44. The van der Waals surface area contributed by atoms with E-state index in [0.717, 1.165) is 54.2 Å². The molecule has 4 N–H and O–H groups in total. The Morgan fingerprint density at radius 2 is 1.67 bits per heavy atom. The summed E-state index contributed by atoms with van der Waals surface area (Å²) in [5.41, 5.74) is 2.91. The van der Waals surface area contributed by atoms with Gasteiger partial charge in [0.25, 0.3) is 20.2 Å². The molecule has 1 atom stereocenters. The highest BCUT2D eigenvalue weighted by Gasteiger charge is 2.31. The van der Waals surface area contributed by atoms with Crippen LogP contribution in [0.15, 0.2) is 52.3 Å². The molecule has 0 bridgehead atoms. The highest BCUT2D eigenvalue weighted by molar-refractivity contribution is 7.86. The molecule has 1 fully saturated rings. The summed E-state index contributed by atoms with van der Waals surface area (Å²) in [6, 6.07) is 9.06. The molecule has 3 aromatic rings. The maximum Gasteiger partial charge on any atom is 0.295 e. The number of amides is 2. The van der Waals surface area contributed by atoms with Crippen LogP contribution in [-0.4, -0.2) is 43.8 Å². The van der Waals surface area contributed by atoms with Gasteiger partial charge in [-0.1, -0.05) is 39.3 Å². The van der Waals surface area contributed by atoms with Crippen molar-refractivity contribution in [3.8, 4) is 11.5 Å². The van der Waals surface area contributed by atoms with Crippen LogP contribution in [0, 0.1) is 0 Å². The smallest absolute Gasteiger partial charge is 0.295 e. The Labute approximate surface area is 267 Å². The number of hydrogen-bond acceptors (Lipinski definition) is 7. The number of rotatable bonds is 11. The fourth-order valence-electron chi connectivity index (χ4n) is 5.89. The van der Waals surface area contributed by atoms with Crippen molar-refractivity contribution in [3.63, 3.8) is 0 Å². The van der Waals surface area contributed by atoms with Gasteiger partial charge in [0.15, 0.2) is 0 Å². The molecule has 2 amide bonds. The number of nitrogens with one attached hydrogen (secondary N) is 2. The molecule has 3 aromatic carbocycles. The maximum absolute atomic E-state index is 12.9. The predicted molar refractivity (Wildman–Crippen MR) is 172 cm³/mol. The number of fused-ring (bicyclic) bond motifs is 2. The molecule has 0 aliphatic carbocycles. The van der Waals surface area contributed by atoms with E-state index in [1.54, 1.807) is 18.2 Å². The zero-order valence-electron chi connectivity index (χ0n) is 25.6. The first-order valence-electron chi connectivity index (χ1n) is 15.1. The van der Waals surface area contributed by atoms with Crippen molar-refractivity contribution in [2.75, 3.05) is 5.32 Å². The van der Waals surface area contributed by atoms with Gasteiger partial charge in [-0.25, -0.2) is 0 Å². The van der Waals surface area contributed by atoms with Crippen LogP contribution >= 0.6 is 0 Å². The van der Waals surface area contributed by atoms with E-state index >= 15 is 0 Å². The first-order chi connectivity index (χ1) is 21.7. The third-order valence-corrected chi connectivity index (χ3v) is 10.0. The molecule has 11 nitrogen and oxygen atoms in total. The van der Waals surface area contributed by atoms with E-state index in [1.165, 1.54) is 6.07 Å². The second-order valence-electron chi connectivity index (χ2n) is 11.5. The molecule has 5 rings (SSSR count). The number of anilines is 1. The molecule has 0 radical (unpaired) electrons. The van der Waals surface area contributed by atoms with Gasteiger partial charge in [-0.15, -0.1) is 0 Å². The molecule has 2 heterocycles. The van der Waals surface area contributed by atoms with Gasteiger partial charge in [-0.2, -0.15) is 16.8 Å². The molecule has 13 heteroatoms. The fraction of sp³-hybridized carbons (Fsp3) is 0.333. The van der Waals surface area contributed by atoms with Gasteiger partial charge in [-0.05, 0) is 73.2 Å². The van der Waals surface area contributed by atoms with E-state index in [2.05, 4.69) is 31.1 Å². The lowest BCUT2D eigenvalue weighted by atomic mass is 9.88. The molecule has 0 aromatic heterocycles. The summed E-state index contributed by atoms with van der Waals surface area (Å²) >= 11 is 0. The first-order valence-corrected chi connectivity index (χ1v) is 18.0. The zero-order valence-corrected chi connectivity index (χ0v) is 27.2. The van der Waals surface area contributed by atoms with Crippen LogP contribution in [-0.2, 0) is 42.7 Å². The summed E-state index contributed by atoms with van der Waals surface area (Å²) in [6.45, 7) is 8.51. The molecule has 1 saturated heterocycles. The van der Waals surface area contributed by atoms with Gasteiger partial charge in [0.1, 0.15) is 22.4 Å². The van der Waals surface area contributed by atoms with Gasteiger partial charge in [0, 0.05) is 45.7 Å². The van der Waals surface area contributed by atoms with Crippen LogP contribution in [0.1, 0.15) is 74.6 Å². The number of unbranched alkanes of at least 4 members (excludes halogenated alkanes) is 2. The Balaban J connectivity index is 1.81. The summed E-state index contributed by atoms with van der Waals surface area (Å²) < 4.78 is 75.9. The quantitative estimate of drug-likeness (QED) is 0.173. The van der Waals surface area contributed by atoms with E-state index < -0.39 is 42.0 Å². The van der Waals surface area contributed by atoms with Gasteiger partial charge >= 0.3 is 0 Å². The van der Waals surface area contributed by atoms with Gasteiger partial charge in [0.2, 0.25) is 11.8 Å². The van der Waals surface area contributed by atoms with E-state index in [0.29, 0.717) is 47.1 Å². The minimum absolute atomic E-state index is 0.00847. The van der Waals surface area contributed by atoms with Crippen LogP contribution in [0.4, 0.5) is 5.69 Å². The number of aryl methyl sites for hydroxylation is 1. The molecule has 244 valence electrons. The summed E-state index contributed by atoms with van der Waals surface area (Å²) in [5.74, 6) is 0.105. The molecular formula is C33H36N2O9S2. The van der Waals surface area contributed by atoms with E-state index in [1.807, 2.05) is 6.07 Å². The molecular weight excluding hydrogens is 633 g/mol. The fourth-order valence-corrected chi connectivity index (χ4v) is 7.20. The van der Waals surface area contributed by atoms with Crippen molar-refractivity contribution in [1.29, 1.82) is 0 Å². The van der Waals surface area contributed by atoms with Crippen LogP contribution in [0.5, 0.6) is 11.5 Å². The van der Waals surface area contributed by atoms with Crippen molar-refractivity contribution in [2.24, 2.45) is 0 Å². The molecule has 0 spiro atoms. The van der Waals surface area contributed by atoms with Crippen molar-refractivity contribution < 1.29 is 40.3 Å².